The van der Waals surface area contributed by atoms with E-state index in [4.69, 9.17) is 9.47 Å². The average Bonchev–Trinajstić information content (AvgIpc) is 2.91. The minimum absolute atomic E-state index is 0.172. The Kier molecular flexibility index (Phi) is 16.1. The zero-order chi connectivity index (χ0) is 28.3. The SMILES string of the molecule is CCCCOc1ccc(Br)cc1/C=N/NC(=O)CCCCCC(=O)N/N=C/c1cc(Br)ccc1OCCCC. The number of hydrogen-bond donors (Lipinski definition) is 2. The van der Waals surface area contributed by atoms with Crippen LogP contribution in [0.3, 0.4) is 0 Å². The van der Waals surface area contributed by atoms with E-state index in [9.17, 15) is 9.59 Å². The molecule has 2 rings (SSSR count). The molecule has 8 nitrogen and oxygen atoms in total. The molecule has 0 spiro atoms. The molecule has 2 aromatic carbocycles. The fraction of sp³-hybridized carbons (Fsp3) is 0.448. The number of benzene rings is 2. The van der Waals surface area contributed by atoms with Gasteiger partial charge in [-0.3, -0.25) is 9.59 Å². The van der Waals surface area contributed by atoms with E-state index in [1.165, 1.54) is 0 Å². The maximum absolute atomic E-state index is 12.1. The minimum Gasteiger partial charge on any atom is -0.493 e. The van der Waals surface area contributed by atoms with E-state index >= 15 is 0 Å². The van der Waals surface area contributed by atoms with Gasteiger partial charge >= 0.3 is 0 Å². The number of carbonyl (C=O) groups is 2. The number of unbranched alkanes of at least 4 members (excludes halogenated alkanes) is 4. The Labute approximate surface area is 248 Å². The number of carbonyl (C=O) groups excluding carboxylic acids is 2. The summed E-state index contributed by atoms with van der Waals surface area (Å²) < 4.78 is 13.4. The second-order valence-electron chi connectivity index (χ2n) is 8.92. The van der Waals surface area contributed by atoms with Crippen LogP contribution in [0.1, 0.15) is 82.8 Å². The molecule has 2 aromatic rings. The molecule has 0 aliphatic heterocycles. The van der Waals surface area contributed by atoms with Crippen LogP contribution >= 0.6 is 31.9 Å². The van der Waals surface area contributed by atoms with Crippen molar-refractivity contribution in [3.63, 3.8) is 0 Å². The van der Waals surface area contributed by atoms with Crippen LogP contribution in [0.5, 0.6) is 11.5 Å². The zero-order valence-electron chi connectivity index (χ0n) is 22.7. The van der Waals surface area contributed by atoms with Crippen LogP contribution in [-0.4, -0.2) is 37.5 Å². The fourth-order valence-electron chi connectivity index (χ4n) is 3.36. The molecule has 0 saturated carbocycles. The van der Waals surface area contributed by atoms with E-state index in [0.717, 1.165) is 63.7 Å². The summed E-state index contributed by atoms with van der Waals surface area (Å²) >= 11 is 6.90. The maximum Gasteiger partial charge on any atom is 0.240 e. The van der Waals surface area contributed by atoms with Crippen molar-refractivity contribution >= 4 is 56.1 Å². The zero-order valence-corrected chi connectivity index (χ0v) is 25.9. The Balaban J connectivity index is 1.66. The van der Waals surface area contributed by atoms with E-state index in [0.29, 0.717) is 38.9 Å². The van der Waals surface area contributed by atoms with Gasteiger partial charge in [-0.25, -0.2) is 10.9 Å². The van der Waals surface area contributed by atoms with Gasteiger partial charge in [-0.05, 0) is 62.1 Å². The van der Waals surface area contributed by atoms with E-state index in [2.05, 4.69) is 66.8 Å². The average molecular weight is 666 g/mol. The van der Waals surface area contributed by atoms with E-state index < -0.39 is 0 Å². The van der Waals surface area contributed by atoms with Gasteiger partial charge in [0, 0.05) is 32.9 Å². The van der Waals surface area contributed by atoms with E-state index in [-0.39, 0.29) is 11.8 Å². The lowest BCUT2D eigenvalue weighted by Crippen LogP contribution is -2.18. The first-order chi connectivity index (χ1) is 18.9. The van der Waals surface area contributed by atoms with Gasteiger partial charge in [-0.2, -0.15) is 10.2 Å². The molecule has 2 N–H and O–H groups in total. The number of hydrazone groups is 2. The van der Waals surface area contributed by atoms with Crippen LogP contribution in [0.2, 0.25) is 0 Å². The van der Waals surface area contributed by atoms with Crippen LogP contribution in [0, 0.1) is 0 Å². The third kappa shape index (κ3) is 13.8. The largest absolute Gasteiger partial charge is 0.493 e. The van der Waals surface area contributed by atoms with Crippen molar-refractivity contribution in [2.75, 3.05) is 13.2 Å². The molecule has 2 amide bonds. The number of nitrogens with one attached hydrogen (secondary N) is 2. The summed E-state index contributed by atoms with van der Waals surface area (Å²) in [6, 6.07) is 11.4. The highest BCUT2D eigenvalue weighted by atomic mass is 79.9. The van der Waals surface area contributed by atoms with Crippen molar-refractivity contribution in [2.45, 2.75) is 71.6 Å². The molecule has 0 atom stereocenters. The molecule has 0 radical (unpaired) electrons. The quantitative estimate of drug-likeness (QED) is 0.101. The third-order valence-corrected chi connectivity index (χ3v) is 6.53. The van der Waals surface area contributed by atoms with Gasteiger partial charge in [0.05, 0.1) is 25.6 Å². The molecule has 0 saturated heterocycles. The topological polar surface area (TPSA) is 101 Å². The summed E-state index contributed by atoms with van der Waals surface area (Å²) in [6.07, 6.45) is 9.96. The molecule has 0 bridgehead atoms. The van der Waals surface area contributed by atoms with E-state index in [1.807, 2.05) is 36.4 Å². The minimum atomic E-state index is -0.172. The number of hydrogen-bond acceptors (Lipinski definition) is 6. The van der Waals surface area contributed by atoms with Crippen molar-refractivity contribution in [1.29, 1.82) is 0 Å². The third-order valence-electron chi connectivity index (χ3n) is 5.55. The first-order valence-corrected chi connectivity index (χ1v) is 15.0. The highest BCUT2D eigenvalue weighted by Crippen LogP contribution is 2.23. The van der Waals surface area contributed by atoms with Gasteiger partial charge < -0.3 is 9.47 Å². The molecule has 212 valence electrons. The second-order valence-corrected chi connectivity index (χ2v) is 10.7. The van der Waals surface area contributed by atoms with Crippen molar-refractivity contribution < 1.29 is 19.1 Å². The van der Waals surface area contributed by atoms with Crippen LogP contribution in [0.25, 0.3) is 0 Å². The Morgan fingerprint density at radius 1 is 0.718 bits per heavy atom. The van der Waals surface area contributed by atoms with Crippen LogP contribution < -0.4 is 20.3 Å². The molecular formula is C29H38Br2N4O4. The van der Waals surface area contributed by atoms with Gasteiger partial charge in [-0.15, -0.1) is 0 Å². The summed E-state index contributed by atoms with van der Waals surface area (Å²) in [5.41, 5.74) is 6.69. The first kappa shape index (κ1) is 32.5. The van der Waals surface area contributed by atoms with Gasteiger partial charge in [-0.1, -0.05) is 65.0 Å². The predicted molar refractivity (Wildman–Crippen MR) is 164 cm³/mol. The first-order valence-electron chi connectivity index (χ1n) is 13.4. The smallest absolute Gasteiger partial charge is 0.240 e. The van der Waals surface area contributed by atoms with Crippen molar-refractivity contribution in [1.82, 2.24) is 10.9 Å². The summed E-state index contributed by atoms with van der Waals surface area (Å²) in [5, 5.41) is 8.14. The predicted octanol–water partition coefficient (Wildman–Crippen LogP) is 7.12. The van der Waals surface area contributed by atoms with Crippen molar-refractivity contribution in [3.05, 3.63) is 56.5 Å². The second kappa shape index (κ2) is 19.4. The highest BCUT2D eigenvalue weighted by Gasteiger charge is 2.06. The Bertz CT molecular complexity index is 1020. The number of halogens is 2. The van der Waals surface area contributed by atoms with Crippen molar-refractivity contribution in [2.24, 2.45) is 10.2 Å². The molecule has 0 aliphatic carbocycles. The molecule has 39 heavy (non-hydrogen) atoms. The lowest BCUT2D eigenvalue weighted by Gasteiger charge is -2.09. The number of rotatable bonds is 18. The summed E-state index contributed by atoms with van der Waals surface area (Å²) in [6.45, 7) is 5.49. The lowest BCUT2D eigenvalue weighted by atomic mass is 10.1. The fourth-order valence-corrected chi connectivity index (χ4v) is 4.12. The van der Waals surface area contributed by atoms with Crippen LogP contribution in [-0.2, 0) is 9.59 Å². The molecule has 0 unspecified atom stereocenters. The number of ether oxygens (including phenoxy) is 2. The normalized spacial score (nSPS) is 11.2. The van der Waals surface area contributed by atoms with Crippen LogP contribution in [0.15, 0.2) is 55.5 Å². The number of nitrogens with zero attached hydrogens (tertiary/aromatic N) is 2. The Morgan fingerprint density at radius 3 is 1.56 bits per heavy atom. The van der Waals surface area contributed by atoms with Gasteiger partial charge in [0.15, 0.2) is 0 Å². The number of amides is 2. The molecule has 10 heteroatoms. The van der Waals surface area contributed by atoms with E-state index in [1.54, 1.807) is 12.4 Å². The standard InChI is InChI=1S/C29H38Br2N4O4/c1-3-5-16-38-26-14-12-24(30)18-22(26)20-32-34-28(36)10-8-7-9-11-29(37)35-33-21-23-19-25(31)13-15-27(23)39-17-6-4-2/h12-15,18-21H,3-11,16-17H2,1-2H3,(H,34,36)(H,35,37)/b32-20+,33-21+. The van der Waals surface area contributed by atoms with Gasteiger partial charge in [0.1, 0.15) is 11.5 Å². The van der Waals surface area contributed by atoms with Crippen LogP contribution in [0.4, 0.5) is 0 Å². The highest BCUT2D eigenvalue weighted by molar-refractivity contribution is 9.10. The summed E-state index contributed by atoms with van der Waals surface area (Å²) in [4.78, 5) is 24.3. The molecule has 0 aromatic heterocycles. The molecule has 0 fully saturated rings. The van der Waals surface area contributed by atoms with Gasteiger partial charge in [0.2, 0.25) is 11.8 Å². The summed E-state index contributed by atoms with van der Waals surface area (Å²) in [5.74, 6) is 1.11. The monoisotopic (exact) mass is 664 g/mol. The Hall–Kier alpha value is -2.72. The molecule has 0 aliphatic rings. The molecule has 0 heterocycles. The maximum atomic E-state index is 12.1. The summed E-state index contributed by atoms with van der Waals surface area (Å²) in [7, 11) is 0. The van der Waals surface area contributed by atoms with Gasteiger partial charge in [0.25, 0.3) is 0 Å². The Morgan fingerprint density at radius 2 is 1.15 bits per heavy atom. The lowest BCUT2D eigenvalue weighted by molar-refractivity contribution is -0.121. The van der Waals surface area contributed by atoms with Crippen molar-refractivity contribution in [3.8, 4) is 11.5 Å². The molecular weight excluding hydrogens is 628 g/mol.